The molecule has 0 aliphatic heterocycles. The predicted octanol–water partition coefficient (Wildman–Crippen LogP) is 3.07. The maximum Gasteiger partial charge on any atom is 0.338 e. The van der Waals surface area contributed by atoms with E-state index in [9.17, 15) is 14.4 Å². The lowest BCUT2D eigenvalue weighted by atomic mass is 10.0. The fourth-order valence-electron chi connectivity index (χ4n) is 1.98. The standard InChI is InChI=1S/C18H14O5/c1-23-18(22)15-5-3-2-4-14(15)16(19)11-8-12-6-9-13(10-7-12)17(20)21/h2-11H,1H3,(H,20,21)/b11-8+. The first-order chi connectivity index (χ1) is 11.0. The van der Waals surface area contributed by atoms with E-state index in [1.165, 1.54) is 31.4 Å². The van der Waals surface area contributed by atoms with Crippen LogP contribution in [-0.4, -0.2) is 29.9 Å². The summed E-state index contributed by atoms with van der Waals surface area (Å²) >= 11 is 0. The fraction of sp³-hybridized carbons (Fsp3) is 0.0556. The zero-order chi connectivity index (χ0) is 16.8. The molecule has 116 valence electrons. The summed E-state index contributed by atoms with van der Waals surface area (Å²) in [7, 11) is 1.25. The Kier molecular flexibility index (Phi) is 5.04. The predicted molar refractivity (Wildman–Crippen MR) is 84.5 cm³/mol. The van der Waals surface area contributed by atoms with Crippen molar-refractivity contribution in [3.63, 3.8) is 0 Å². The van der Waals surface area contributed by atoms with Gasteiger partial charge in [0.1, 0.15) is 0 Å². The zero-order valence-corrected chi connectivity index (χ0v) is 12.4. The number of benzene rings is 2. The van der Waals surface area contributed by atoms with Crippen LogP contribution in [0.2, 0.25) is 0 Å². The third-order valence-corrected chi connectivity index (χ3v) is 3.18. The van der Waals surface area contributed by atoms with Crippen LogP contribution < -0.4 is 0 Å². The minimum absolute atomic E-state index is 0.171. The van der Waals surface area contributed by atoms with E-state index in [1.807, 2.05) is 0 Å². The first kappa shape index (κ1) is 16.2. The van der Waals surface area contributed by atoms with Crippen LogP contribution in [0.1, 0.15) is 36.6 Å². The molecule has 0 aliphatic carbocycles. The van der Waals surface area contributed by atoms with Crippen LogP contribution in [0.4, 0.5) is 0 Å². The van der Waals surface area contributed by atoms with Gasteiger partial charge in [0.15, 0.2) is 5.78 Å². The van der Waals surface area contributed by atoms with E-state index in [0.717, 1.165) is 0 Å². The molecule has 0 aromatic heterocycles. The second kappa shape index (κ2) is 7.17. The normalized spacial score (nSPS) is 10.5. The van der Waals surface area contributed by atoms with Crippen LogP contribution in [0.25, 0.3) is 6.08 Å². The minimum atomic E-state index is -1.01. The molecular formula is C18H14O5. The van der Waals surface area contributed by atoms with Gasteiger partial charge in [0.2, 0.25) is 0 Å². The molecule has 1 N–H and O–H groups in total. The van der Waals surface area contributed by atoms with Gasteiger partial charge >= 0.3 is 11.9 Å². The number of carbonyl (C=O) groups is 3. The van der Waals surface area contributed by atoms with Crippen molar-refractivity contribution in [1.82, 2.24) is 0 Å². The highest BCUT2D eigenvalue weighted by Gasteiger charge is 2.14. The van der Waals surface area contributed by atoms with E-state index in [4.69, 9.17) is 5.11 Å². The number of ketones is 1. The molecule has 5 nitrogen and oxygen atoms in total. The number of carboxylic acid groups (broad SMARTS) is 1. The maximum absolute atomic E-state index is 12.2. The van der Waals surface area contributed by atoms with E-state index >= 15 is 0 Å². The van der Waals surface area contributed by atoms with Crippen molar-refractivity contribution >= 4 is 23.8 Å². The molecule has 2 rings (SSSR count). The van der Waals surface area contributed by atoms with Crippen molar-refractivity contribution in [2.24, 2.45) is 0 Å². The SMILES string of the molecule is COC(=O)c1ccccc1C(=O)/C=C/c1ccc(C(=O)O)cc1. The first-order valence-corrected chi connectivity index (χ1v) is 6.76. The van der Waals surface area contributed by atoms with Crippen LogP contribution in [-0.2, 0) is 4.74 Å². The molecule has 5 heteroatoms. The van der Waals surface area contributed by atoms with Gasteiger partial charge in [0.05, 0.1) is 18.2 Å². The number of carbonyl (C=O) groups excluding carboxylic acids is 2. The molecule has 0 atom stereocenters. The third kappa shape index (κ3) is 3.91. The molecule has 0 amide bonds. The molecule has 0 radical (unpaired) electrons. The van der Waals surface area contributed by atoms with Crippen molar-refractivity contribution in [2.45, 2.75) is 0 Å². The molecule has 0 aliphatic rings. The van der Waals surface area contributed by atoms with E-state index in [1.54, 1.807) is 36.4 Å². The number of methoxy groups -OCH3 is 1. The third-order valence-electron chi connectivity index (χ3n) is 3.18. The summed E-state index contributed by atoms with van der Waals surface area (Å²) in [4.78, 5) is 34.7. The zero-order valence-electron chi connectivity index (χ0n) is 12.4. The first-order valence-electron chi connectivity index (χ1n) is 6.76. The Morgan fingerprint density at radius 2 is 1.57 bits per heavy atom. The van der Waals surface area contributed by atoms with E-state index in [-0.39, 0.29) is 22.5 Å². The lowest BCUT2D eigenvalue weighted by molar-refractivity contribution is 0.0597. The van der Waals surface area contributed by atoms with E-state index in [2.05, 4.69) is 4.74 Å². The molecule has 0 bridgehead atoms. The number of ether oxygens (including phenoxy) is 1. The van der Waals surface area contributed by atoms with E-state index < -0.39 is 11.9 Å². The number of allylic oxidation sites excluding steroid dienone is 1. The summed E-state index contributed by atoms with van der Waals surface area (Å²) in [6.45, 7) is 0. The second-order valence-corrected chi connectivity index (χ2v) is 4.66. The van der Waals surface area contributed by atoms with Crippen molar-refractivity contribution in [3.8, 4) is 0 Å². The lowest BCUT2D eigenvalue weighted by Crippen LogP contribution is -2.08. The molecule has 0 saturated carbocycles. The quantitative estimate of drug-likeness (QED) is 0.521. The maximum atomic E-state index is 12.2. The lowest BCUT2D eigenvalue weighted by Gasteiger charge is -2.04. The molecule has 23 heavy (non-hydrogen) atoms. The molecule has 2 aromatic rings. The summed E-state index contributed by atoms with van der Waals surface area (Å²) in [5.41, 5.74) is 1.30. The summed E-state index contributed by atoms with van der Waals surface area (Å²) in [5.74, 6) is -1.93. The number of aromatic carboxylic acids is 1. The molecule has 0 heterocycles. The van der Waals surface area contributed by atoms with Crippen LogP contribution in [0.5, 0.6) is 0 Å². The van der Waals surface area contributed by atoms with Crippen molar-refractivity contribution in [2.75, 3.05) is 7.11 Å². The Morgan fingerprint density at radius 1 is 0.957 bits per heavy atom. The van der Waals surface area contributed by atoms with Crippen LogP contribution in [0.3, 0.4) is 0 Å². The largest absolute Gasteiger partial charge is 0.478 e. The molecular weight excluding hydrogens is 296 g/mol. The van der Waals surface area contributed by atoms with Gasteiger partial charge in [-0.2, -0.15) is 0 Å². The summed E-state index contributed by atoms with van der Waals surface area (Å²) in [6, 6.07) is 12.5. The van der Waals surface area contributed by atoms with Gasteiger partial charge in [-0.3, -0.25) is 4.79 Å². The fourth-order valence-corrected chi connectivity index (χ4v) is 1.98. The second-order valence-electron chi connectivity index (χ2n) is 4.66. The Bertz CT molecular complexity index is 772. The van der Waals surface area contributed by atoms with Gasteiger partial charge in [0.25, 0.3) is 0 Å². The number of carboxylic acids is 1. The Hall–Kier alpha value is -3.21. The van der Waals surface area contributed by atoms with Gasteiger partial charge in [-0.1, -0.05) is 36.4 Å². The number of hydrogen-bond donors (Lipinski definition) is 1. The van der Waals surface area contributed by atoms with Crippen LogP contribution in [0.15, 0.2) is 54.6 Å². The minimum Gasteiger partial charge on any atom is -0.478 e. The van der Waals surface area contributed by atoms with Crippen molar-refractivity contribution < 1.29 is 24.2 Å². The van der Waals surface area contributed by atoms with Gasteiger partial charge in [-0.25, -0.2) is 9.59 Å². The van der Waals surface area contributed by atoms with Crippen LogP contribution in [0, 0.1) is 0 Å². The Morgan fingerprint density at radius 3 is 2.13 bits per heavy atom. The molecule has 2 aromatic carbocycles. The van der Waals surface area contributed by atoms with E-state index in [0.29, 0.717) is 5.56 Å². The van der Waals surface area contributed by atoms with Gasteiger partial charge in [-0.15, -0.1) is 0 Å². The Balaban J connectivity index is 2.22. The van der Waals surface area contributed by atoms with Gasteiger partial charge < -0.3 is 9.84 Å². The molecule has 0 fully saturated rings. The monoisotopic (exact) mass is 310 g/mol. The topological polar surface area (TPSA) is 80.7 Å². The smallest absolute Gasteiger partial charge is 0.338 e. The summed E-state index contributed by atoms with van der Waals surface area (Å²) in [5, 5.41) is 8.83. The van der Waals surface area contributed by atoms with Crippen molar-refractivity contribution in [1.29, 1.82) is 0 Å². The number of esters is 1. The average molecular weight is 310 g/mol. The molecule has 0 unspecified atom stereocenters. The summed E-state index contributed by atoms with van der Waals surface area (Å²) < 4.78 is 4.65. The number of hydrogen-bond acceptors (Lipinski definition) is 4. The average Bonchev–Trinajstić information content (AvgIpc) is 2.59. The Labute approximate surface area is 132 Å². The highest BCUT2D eigenvalue weighted by molar-refractivity contribution is 6.12. The van der Waals surface area contributed by atoms with Gasteiger partial charge in [0, 0.05) is 5.56 Å². The summed E-state index contributed by atoms with van der Waals surface area (Å²) in [6.07, 6.45) is 2.89. The highest BCUT2D eigenvalue weighted by atomic mass is 16.5. The molecule has 0 spiro atoms. The van der Waals surface area contributed by atoms with Crippen molar-refractivity contribution in [3.05, 3.63) is 76.9 Å². The highest BCUT2D eigenvalue weighted by Crippen LogP contribution is 2.13. The van der Waals surface area contributed by atoms with Crippen LogP contribution >= 0.6 is 0 Å². The molecule has 0 saturated heterocycles. The number of rotatable bonds is 5. The van der Waals surface area contributed by atoms with Gasteiger partial charge in [-0.05, 0) is 29.8 Å².